The third-order valence-corrected chi connectivity index (χ3v) is 3.89. The van der Waals surface area contributed by atoms with Crippen molar-refractivity contribution in [3.8, 4) is 0 Å². The van der Waals surface area contributed by atoms with Crippen LogP contribution in [0.1, 0.15) is 15.2 Å². The molecule has 0 bridgehead atoms. The number of likely N-dealkylation sites (N-methyl/N-ethyl adjacent to an activating group) is 1. The van der Waals surface area contributed by atoms with Gasteiger partial charge in [0.05, 0.1) is 11.4 Å². The highest BCUT2D eigenvalue weighted by Gasteiger charge is 2.11. The molecule has 1 aromatic carbocycles. The molecule has 0 atom stereocenters. The van der Waals surface area contributed by atoms with Gasteiger partial charge in [-0.25, -0.2) is 0 Å². The predicted molar refractivity (Wildman–Crippen MR) is 76.4 cm³/mol. The first-order valence-electron chi connectivity index (χ1n) is 5.65. The Bertz CT molecular complexity index is 524. The number of benzene rings is 1. The minimum Gasteiger partial charge on any atom is -0.294 e. The van der Waals surface area contributed by atoms with Crippen molar-refractivity contribution in [1.82, 2.24) is 4.90 Å². The van der Waals surface area contributed by atoms with E-state index in [0.717, 1.165) is 15.5 Å². The number of halogens is 1. The molecule has 0 unspecified atom stereocenters. The first kappa shape index (κ1) is 13.3. The van der Waals surface area contributed by atoms with E-state index in [9.17, 15) is 4.79 Å². The summed E-state index contributed by atoms with van der Waals surface area (Å²) in [5.41, 5.74) is 1.04. The summed E-state index contributed by atoms with van der Waals surface area (Å²) in [4.78, 5) is 14.7. The number of hydrogen-bond donors (Lipinski definition) is 0. The zero-order chi connectivity index (χ0) is 13.0. The summed E-state index contributed by atoms with van der Waals surface area (Å²) < 4.78 is 0. The summed E-state index contributed by atoms with van der Waals surface area (Å²) in [5.74, 6) is 0.152. The maximum absolute atomic E-state index is 11.9. The summed E-state index contributed by atoms with van der Waals surface area (Å²) in [6.07, 6.45) is 0. The standard InChI is InChI=1S/C14H14ClNOS/c1-16(9-11-5-2-3-6-12(11)15)10-13(17)14-7-4-8-18-14/h2-8H,9-10H2,1H3. The third kappa shape index (κ3) is 3.42. The molecule has 18 heavy (non-hydrogen) atoms. The number of carbonyl (C=O) groups excluding carboxylic acids is 1. The van der Waals surface area contributed by atoms with Gasteiger partial charge >= 0.3 is 0 Å². The maximum Gasteiger partial charge on any atom is 0.186 e. The van der Waals surface area contributed by atoms with Crippen LogP contribution in [0.2, 0.25) is 5.02 Å². The van der Waals surface area contributed by atoms with Crippen molar-refractivity contribution in [3.63, 3.8) is 0 Å². The van der Waals surface area contributed by atoms with E-state index in [4.69, 9.17) is 11.6 Å². The highest BCUT2D eigenvalue weighted by molar-refractivity contribution is 7.12. The smallest absolute Gasteiger partial charge is 0.186 e. The van der Waals surface area contributed by atoms with Gasteiger partial charge in [-0.05, 0) is 30.1 Å². The Morgan fingerprint density at radius 1 is 1.28 bits per heavy atom. The molecule has 2 aromatic rings. The minimum absolute atomic E-state index is 0.152. The highest BCUT2D eigenvalue weighted by Crippen LogP contribution is 2.17. The van der Waals surface area contributed by atoms with Gasteiger partial charge in [0.1, 0.15) is 0 Å². The maximum atomic E-state index is 11.9. The quantitative estimate of drug-likeness (QED) is 0.778. The lowest BCUT2D eigenvalue weighted by atomic mass is 10.2. The molecule has 0 fully saturated rings. The van der Waals surface area contributed by atoms with Crippen molar-refractivity contribution in [1.29, 1.82) is 0 Å². The van der Waals surface area contributed by atoms with Crippen LogP contribution in [0.5, 0.6) is 0 Å². The van der Waals surface area contributed by atoms with E-state index < -0.39 is 0 Å². The Hall–Kier alpha value is -1.16. The molecule has 1 aromatic heterocycles. The van der Waals surface area contributed by atoms with Gasteiger partial charge in [-0.1, -0.05) is 35.9 Å². The summed E-state index contributed by atoms with van der Waals surface area (Å²) in [5, 5.41) is 2.66. The normalized spacial score (nSPS) is 10.8. The molecule has 1 heterocycles. The average Bonchev–Trinajstić information content (AvgIpc) is 2.85. The van der Waals surface area contributed by atoms with Gasteiger partial charge in [0.15, 0.2) is 5.78 Å². The molecule has 0 amide bonds. The molecule has 0 aliphatic carbocycles. The predicted octanol–water partition coefficient (Wildman–Crippen LogP) is 3.72. The Balaban J connectivity index is 1.95. The average molecular weight is 280 g/mol. The van der Waals surface area contributed by atoms with Gasteiger partial charge in [0.2, 0.25) is 0 Å². The number of carbonyl (C=O) groups is 1. The first-order chi connectivity index (χ1) is 8.66. The monoisotopic (exact) mass is 279 g/mol. The van der Waals surface area contributed by atoms with Crippen molar-refractivity contribution < 1.29 is 4.79 Å². The van der Waals surface area contributed by atoms with Crippen molar-refractivity contribution in [2.24, 2.45) is 0 Å². The lowest BCUT2D eigenvalue weighted by Gasteiger charge is -2.16. The van der Waals surface area contributed by atoms with Crippen molar-refractivity contribution in [3.05, 3.63) is 57.2 Å². The SMILES string of the molecule is CN(CC(=O)c1cccs1)Cc1ccccc1Cl. The fraction of sp³-hybridized carbons (Fsp3) is 0.214. The zero-order valence-electron chi connectivity index (χ0n) is 10.1. The molecule has 0 aliphatic rings. The lowest BCUT2D eigenvalue weighted by Crippen LogP contribution is -2.25. The van der Waals surface area contributed by atoms with E-state index in [2.05, 4.69) is 0 Å². The number of rotatable bonds is 5. The van der Waals surface area contributed by atoms with Crippen LogP contribution in [0.4, 0.5) is 0 Å². The Morgan fingerprint density at radius 3 is 2.72 bits per heavy atom. The highest BCUT2D eigenvalue weighted by atomic mass is 35.5. The van der Waals surface area contributed by atoms with E-state index in [-0.39, 0.29) is 5.78 Å². The molecule has 0 saturated heterocycles. The number of nitrogens with zero attached hydrogens (tertiary/aromatic N) is 1. The van der Waals surface area contributed by atoms with Crippen LogP contribution >= 0.6 is 22.9 Å². The summed E-state index contributed by atoms with van der Waals surface area (Å²) in [6, 6.07) is 11.5. The molecule has 2 rings (SSSR count). The number of ketones is 1. The molecule has 94 valence electrons. The van der Waals surface area contributed by atoms with Crippen LogP contribution in [0, 0.1) is 0 Å². The van der Waals surface area contributed by atoms with Gasteiger partial charge in [-0.3, -0.25) is 9.69 Å². The van der Waals surface area contributed by atoms with Crippen LogP contribution in [-0.4, -0.2) is 24.3 Å². The van der Waals surface area contributed by atoms with E-state index in [1.165, 1.54) is 11.3 Å². The van der Waals surface area contributed by atoms with Crippen LogP contribution < -0.4 is 0 Å². The molecule has 0 aliphatic heterocycles. The van der Waals surface area contributed by atoms with Gasteiger partial charge in [0.25, 0.3) is 0 Å². The van der Waals surface area contributed by atoms with E-state index >= 15 is 0 Å². The largest absolute Gasteiger partial charge is 0.294 e. The Morgan fingerprint density at radius 2 is 2.06 bits per heavy atom. The Labute approximate surface area is 116 Å². The second-order valence-corrected chi connectivity index (χ2v) is 5.52. The van der Waals surface area contributed by atoms with Gasteiger partial charge in [0, 0.05) is 11.6 Å². The number of thiophene rings is 1. The third-order valence-electron chi connectivity index (χ3n) is 2.61. The molecular weight excluding hydrogens is 266 g/mol. The van der Waals surface area contributed by atoms with E-state index in [0.29, 0.717) is 13.1 Å². The van der Waals surface area contributed by atoms with Gasteiger partial charge in [-0.15, -0.1) is 11.3 Å². The second kappa shape index (κ2) is 6.14. The minimum atomic E-state index is 0.152. The Kier molecular flexibility index (Phi) is 4.53. The zero-order valence-corrected chi connectivity index (χ0v) is 11.7. The van der Waals surface area contributed by atoms with Crippen molar-refractivity contribution in [2.75, 3.05) is 13.6 Å². The summed E-state index contributed by atoms with van der Waals surface area (Å²) >= 11 is 7.58. The number of hydrogen-bond acceptors (Lipinski definition) is 3. The van der Waals surface area contributed by atoms with Crippen LogP contribution in [0.15, 0.2) is 41.8 Å². The summed E-state index contributed by atoms with van der Waals surface area (Å²) in [7, 11) is 1.93. The van der Waals surface area contributed by atoms with Crippen LogP contribution in [0.25, 0.3) is 0 Å². The van der Waals surface area contributed by atoms with Gasteiger partial charge < -0.3 is 0 Å². The molecular formula is C14H14ClNOS. The van der Waals surface area contributed by atoms with Crippen LogP contribution in [-0.2, 0) is 6.54 Å². The van der Waals surface area contributed by atoms with E-state index in [1.54, 1.807) is 0 Å². The van der Waals surface area contributed by atoms with Crippen molar-refractivity contribution >= 4 is 28.7 Å². The van der Waals surface area contributed by atoms with Crippen molar-refractivity contribution in [2.45, 2.75) is 6.54 Å². The molecule has 4 heteroatoms. The first-order valence-corrected chi connectivity index (χ1v) is 6.91. The van der Waals surface area contributed by atoms with Crippen LogP contribution in [0.3, 0.4) is 0 Å². The fourth-order valence-electron chi connectivity index (χ4n) is 1.73. The number of Topliss-reactive ketones (excluding diaryl/α,β-unsaturated/α-hetero) is 1. The second-order valence-electron chi connectivity index (χ2n) is 4.16. The van der Waals surface area contributed by atoms with Gasteiger partial charge in [-0.2, -0.15) is 0 Å². The van der Waals surface area contributed by atoms with E-state index in [1.807, 2.05) is 53.7 Å². The molecule has 2 nitrogen and oxygen atoms in total. The summed E-state index contributed by atoms with van der Waals surface area (Å²) in [6.45, 7) is 1.09. The molecule has 0 saturated carbocycles. The molecule has 0 N–H and O–H groups in total. The fourth-order valence-corrected chi connectivity index (χ4v) is 2.59. The topological polar surface area (TPSA) is 20.3 Å². The molecule has 0 radical (unpaired) electrons. The molecule has 0 spiro atoms. The lowest BCUT2D eigenvalue weighted by molar-refractivity contribution is 0.0947.